The van der Waals surface area contributed by atoms with Gasteiger partial charge in [-0.05, 0) is 13.3 Å². The van der Waals surface area contributed by atoms with Gasteiger partial charge in [0.15, 0.2) is 5.82 Å². The molecule has 1 rings (SSSR count). The van der Waals surface area contributed by atoms with Crippen LogP contribution in [0, 0.1) is 5.82 Å². The van der Waals surface area contributed by atoms with Crippen LogP contribution in [0.5, 0.6) is 0 Å². The summed E-state index contributed by atoms with van der Waals surface area (Å²) in [4.78, 5) is -0.775. The molecule has 9 heteroatoms. The molecule has 1 heterocycles. The molecule has 0 radical (unpaired) electrons. The van der Waals surface area contributed by atoms with Crippen molar-refractivity contribution in [2.45, 2.75) is 37.4 Å². The summed E-state index contributed by atoms with van der Waals surface area (Å²) < 4.78 is 76.9. The summed E-state index contributed by atoms with van der Waals surface area (Å²) in [7, 11) is -3.13. The van der Waals surface area contributed by atoms with Crippen LogP contribution in [0.25, 0.3) is 0 Å². The molecular weight excluding hydrogens is 288 g/mol. The van der Waals surface area contributed by atoms with Crippen molar-refractivity contribution in [3.05, 3.63) is 17.7 Å². The second-order valence-electron chi connectivity index (χ2n) is 4.10. The summed E-state index contributed by atoms with van der Waals surface area (Å²) in [6.45, 7) is 2.26. The molecule has 1 atom stereocenters. The molecule has 0 saturated carbocycles. The van der Waals surface area contributed by atoms with Gasteiger partial charge in [-0.1, -0.05) is 6.92 Å². The van der Waals surface area contributed by atoms with Gasteiger partial charge in [-0.25, -0.2) is 12.8 Å². The topological polar surface area (TPSA) is 51.1 Å². The number of aryl methyl sites for hydroxylation is 1. The fourth-order valence-corrected chi connectivity index (χ4v) is 2.94. The van der Waals surface area contributed by atoms with Gasteiger partial charge >= 0.3 is 6.18 Å². The molecule has 0 fully saturated rings. The van der Waals surface area contributed by atoms with E-state index in [1.165, 1.54) is 16.3 Å². The Balaban J connectivity index is 3.15. The smallest absolute Gasteiger partial charge is 0.350 e. The van der Waals surface area contributed by atoms with Crippen molar-refractivity contribution in [1.29, 1.82) is 0 Å². The van der Waals surface area contributed by atoms with Crippen LogP contribution in [-0.4, -0.2) is 25.2 Å². The molecule has 4 nitrogen and oxygen atoms in total. The second-order valence-corrected chi connectivity index (χ2v) is 5.79. The highest BCUT2D eigenvalue weighted by molar-refractivity contribution is 7.89. The molecule has 1 N–H and O–H groups in total. The van der Waals surface area contributed by atoms with Crippen molar-refractivity contribution in [1.82, 2.24) is 9.29 Å². The number of alkyl halides is 3. The summed E-state index contributed by atoms with van der Waals surface area (Å²) in [5.74, 6) is -1.02. The van der Waals surface area contributed by atoms with Gasteiger partial charge in [0, 0.05) is 13.2 Å². The van der Waals surface area contributed by atoms with Gasteiger partial charge in [-0.15, -0.1) is 0 Å². The molecule has 0 aliphatic heterocycles. The number of aromatic nitrogens is 1. The number of hydrogen-bond donors (Lipinski definition) is 1. The van der Waals surface area contributed by atoms with Gasteiger partial charge in [0.1, 0.15) is 10.9 Å². The lowest BCUT2D eigenvalue weighted by molar-refractivity contribution is -0.147. The summed E-state index contributed by atoms with van der Waals surface area (Å²) >= 11 is 0. The normalized spacial score (nSPS) is 14.7. The summed E-state index contributed by atoms with van der Waals surface area (Å²) in [5, 5.41) is 0. The standard InChI is InChI=1S/C10H14F4N2O2S/c1-4-7-9(11)8(5-16(7)3)19(17,18)15-6(2)10(12,13)14/h5-6,15H,4H2,1-3H3/t6-/m1/s1. The Bertz CT molecular complexity index is 563. The highest BCUT2D eigenvalue weighted by Crippen LogP contribution is 2.24. The number of nitrogens with zero attached hydrogens (tertiary/aromatic N) is 1. The number of hydrogen-bond acceptors (Lipinski definition) is 2. The van der Waals surface area contributed by atoms with E-state index in [0.29, 0.717) is 6.92 Å². The minimum Gasteiger partial charge on any atom is -0.350 e. The van der Waals surface area contributed by atoms with Crippen LogP contribution in [0.2, 0.25) is 0 Å². The molecule has 0 unspecified atom stereocenters. The summed E-state index contributed by atoms with van der Waals surface area (Å²) in [6, 6.07) is -2.29. The average Bonchev–Trinajstić information content (AvgIpc) is 2.52. The van der Waals surface area contributed by atoms with E-state index in [0.717, 1.165) is 6.20 Å². The monoisotopic (exact) mass is 302 g/mol. The van der Waals surface area contributed by atoms with Crippen LogP contribution in [-0.2, 0) is 23.5 Å². The highest BCUT2D eigenvalue weighted by atomic mass is 32.2. The fraction of sp³-hybridized carbons (Fsp3) is 0.600. The minimum absolute atomic E-state index is 0.111. The summed E-state index contributed by atoms with van der Waals surface area (Å²) in [6.07, 6.45) is -3.54. The first-order valence-electron chi connectivity index (χ1n) is 5.43. The minimum atomic E-state index is -4.73. The third-order valence-corrected chi connectivity index (χ3v) is 4.18. The molecule has 0 aromatic carbocycles. The van der Waals surface area contributed by atoms with Crippen molar-refractivity contribution in [2.24, 2.45) is 7.05 Å². The van der Waals surface area contributed by atoms with Crippen molar-refractivity contribution in [3.63, 3.8) is 0 Å². The fourth-order valence-electron chi connectivity index (χ4n) is 1.56. The SMILES string of the molecule is CCc1c(F)c(S(=O)(=O)N[C@H](C)C(F)(F)F)cn1C. The zero-order valence-electron chi connectivity index (χ0n) is 10.5. The molecule has 0 saturated heterocycles. The van der Waals surface area contributed by atoms with E-state index in [1.807, 2.05) is 0 Å². The Kier molecular flexibility index (Phi) is 4.30. The van der Waals surface area contributed by atoms with Gasteiger partial charge in [0.05, 0.1) is 5.69 Å². The molecule has 0 amide bonds. The van der Waals surface area contributed by atoms with Crippen molar-refractivity contribution < 1.29 is 26.0 Å². The van der Waals surface area contributed by atoms with Gasteiger partial charge < -0.3 is 4.57 Å². The molecule has 19 heavy (non-hydrogen) atoms. The highest BCUT2D eigenvalue weighted by Gasteiger charge is 2.39. The van der Waals surface area contributed by atoms with E-state index in [1.54, 1.807) is 6.92 Å². The third-order valence-electron chi connectivity index (χ3n) is 2.65. The number of halogens is 4. The van der Waals surface area contributed by atoms with Gasteiger partial charge in [0.2, 0.25) is 10.0 Å². The Morgan fingerprint density at radius 2 is 1.95 bits per heavy atom. The maximum absolute atomic E-state index is 13.8. The van der Waals surface area contributed by atoms with E-state index in [-0.39, 0.29) is 12.1 Å². The maximum atomic E-state index is 13.8. The largest absolute Gasteiger partial charge is 0.404 e. The Morgan fingerprint density at radius 1 is 1.42 bits per heavy atom. The molecule has 0 spiro atoms. The molecule has 0 bridgehead atoms. The first kappa shape index (κ1) is 16.0. The molecule has 0 aliphatic carbocycles. The Labute approximate surface area is 108 Å². The van der Waals surface area contributed by atoms with Crippen molar-refractivity contribution in [2.75, 3.05) is 0 Å². The lowest BCUT2D eigenvalue weighted by atomic mass is 10.3. The van der Waals surface area contributed by atoms with Crippen molar-refractivity contribution in [3.8, 4) is 0 Å². The van der Waals surface area contributed by atoms with Crippen LogP contribution in [0.1, 0.15) is 19.5 Å². The predicted octanol–water partition coefficient (Wildman–Crippen LogP) is 1.96. The molecule has 1 aromatic rings. The van der Waals surface area contributed by atoms with Crippen LogP contribution in [0.3, 0.4) is 0 Å². The third kappa shape index (κ3) is 3.27. The van der Waals surface area contributed by atoms with Gasteiger partial charge in [-0.3, -0.25) is 0 Å². The molecule has 1 aromatic heterocycles. The Morgan fingerprint density at radius 3 is 2.32 bits per heavy atom. The molecular formula is C10H14F4N2O2S. The zero-order valence-corrected chi connectivity index (χ0v) is 11.4. The van der Waals surface area contributed by atoms with Crippen LogP contribution < -0.4 is 4.72 Å². The second kappa shape index (κ2) is 5.12. The number of rotatable bonds is 4. The lowest BCUT2D eigenvalue weighted by Gasteiger charge is -2.16. The zero-order chi connectivity index (χ0) is 15.0. The number of sulfonamides is 1. The van der Waals surface area contributed by atoms with Crippen LogP contribution >= 0.6 is 0 Å². The van der Waals surface area contributed by atoms with Crippen LogP contribution in [0.4, 0.5) is 17.6 Å². The summed E-state index contributed by atoms with van der Waals surface area (Å²) in [5.41, 5.74) is 0.111. The van der Waals surface area contributed by atoms with E-state index < -0.39 is 33.0 Å². The average molecular weight is 302 g/mol. The first-order chi connectivity index (χ1) is 8.50. The van der Waals surface area contributed by atoms with Crippen LogP contribution in [0.15, 0.2) is 11.1 Å². The maximum Gasteiger partial charge on any atom is 0.404 e. The van der Waals surface area contributed by atoms with Gasteiger partial charge in [-0.2, -0.15) is 17.9 Å². The van der Waals surface area contributed by atoms with E-state index in [9.17, 15) is 26.0 Å². The van der Waals surface area contributed by atoms with E-state index >= 15 is 0 Å². The van der Waals surface area contributed by atoms with E-state index in [4.69, 9.17) is 0 Å². The van der Waals surface area contributed by atoms with Gasteiger partial charge in [0.25, 0.3) is 0 Å². The number of nitrogens with one attached hydrogen (secondary N) is 1. The molecule has 110 valence electrons. The Hall–Kier alpha value is -1.09. The van der Waals surface area contributed by atoms with E-state index in [2.05, 4.69) is 0 Å². The quantitative estimate of drug-likeness (QED) is 0.864. The molecule has 0 aliphatic rings. The lowest BCUT2D eigenvalue weighted by Crippen LogP contribution is -2.43. The van der Waals surface area contributed by atoms with Crippen molar-refractivity contribution >= 4 is 10.0 Å². The first-order valence-corrected chi connectivity index (χ1v) is 6.91. The predicted molar refractivity (Wildman–Crippen MR) is 60.6 cm³/mol.